The van der Waals surface area contributed by atoms with Gasteiger partial charge in [-0.2, -0.15) is 0 Å². The minimum atomic E-state index is -0.723. The van der Waals surface area contributed by atoms with Gasteiger partial charge < -0.3 is 10.0 Å². The molecule has 2 aromatic rings. The zero-order valence-corrected chi connectivity index (χ0v) is 12.4. The van der Waals surface area contributed by atoms with Gasteiger partial charge in [0.15, 0.2) is 4.34 Å². The summed E-state index contributed by atoms with van der Waals surface area (Å²) in [6, 6.07) is 4.68. The summed E-state index contributed by atoms with van der Waals surface area (Å²) >= 11 is 2.57. The van der Waals surface area contributed by atoms with Crippen molar-refractivity contribution in [2.45, 2.75) is 22.3 Å². The number of benzene rings is 1. The van der Waals surface area contributed by atoms with E-state index < -0.39 is 6.10 Å². The maximum atomic E-state index is 13.9. The fraction of sp³-hybridized carbons (Fsp3) is 0.333. The van der Waals surface area contributed by atoms with Crippen LogP contribution in [0.2, 0.25) is 0 Å². The Bertz CT molecular complexity index is 572. The summed E-state index contributed by atoms with van der Waals surface area (Å²) in [6.45, 7) is 1.62. The molecule has 1 atom stereocenters. The molecule has 4 nitrogen and oxygen atoms in total. The van der Waals surface area contributed by atoms with E-state index in [9.17, 15) is 9.50 Å². The highest BCUT2D eigenvalue weighted by molar-refractivity contribution is 8.01. The summed E-state index contributed by atoms with van der Waals surface area (Å²) in [5.41, 5.74) is 0.562. The first kappa shape index (κ1) is 14.2. The number of aliphatic hydroxyl groups is 1. The highest BCUT2D eigenvalue weighted by atomic mass is 32.2. The number of aromatic nitrogens is 2. The fourth-order valence-corrected chi connectivity index (χ4v) is 3.39. The Balaban J connectivity index is 2.32. The minimum absolute atomic E-state index is 0.356. The molecule has 1 N–H and O–H groups in total. The van der Waals surface area contributed by atoms with E-state index in [2.05, 4.69) is 10.2 Å². The predicted octanol–water partition coefficient (Wildman–Crippen LogP) is 2.95. The highest BCUT2D eigenvalue weighted by Gasteiger charge is 2.16. The maximum Gasteiger partial charge on any atom is 0.208 e. The summed E-state index contributed by atoms with van der Waals surface area (Å²) in [5.74, 6) is -0.356. The van der Waals surface area contributed by atoms with Crippen molar-refractivity contribution in [1.29, 1.82) is 0 Å². The Hall–Kier alpha value is -1.18. The monoisotopic (exact) mass is 299 g/mol. The molecule has 102 valence electrons. The van der Waals surface area contributed by atoms with Crippen LogP contribution in [0.15, 0.2) is 27.4 Å². The maximum absolute atomic E-state index is 13.9. The normalized spacial score (nSPS) is 12.5. The Morgan fingerprint density at radius 1 is 1.37 bits per heavy atom. The Morgan fingerprint density at radius 3 is 2.68 bits per heavy atom. The van der Waals surface area contributed by atoms with Crippen LogP contribution in [0.4, 0.5) is 9.52 Å². The van der Waals surface area contributed by atoms with Crippen LogP contribution < -0.4 is 4.90 Å². The standard InChI is InChI=1S/C12H14FN3OS2/c1-7(17)8-5-4-6-9(13)10(8)18-12-15-14-11(19-12)16(2)3/h4-7,17H,1-3H3. The molecular weight excluding hydrogens is 285 g/mol. The summed E-state index contributed by atoms with van der Waals surface area (Å²) < 4.78 is 14.5. The van der Waals surface area contributed by atoms with E-state index in [1.165, 1.54) is 29.2 Å². The summed E-state index contributed by atoms with van der Waals surface area (Å²) in [4.78, 5) is 2.25. The third-order valence-corrected chi connectivity index (χ3v) is 4.69. The summed E-state index contributed by atoms with van der Waals surface area (Å²) in [7, 11) is 3.75. The van der Waals surface area contributed by atoms with Crippen molar-refractivity contribution >= 4 is 28.2 Å². The van der Waals surface area contributed by atoms with Gasteiger partial charge in [0.25, 0.3) is 0 Å². The van der Waals surface area contributed by atoms with Crippen LogP contribution in [0.5, 0.6) is 0 Å². The number of aliphatic hydroxyl groups excluding tert-OH is 1. The van der Waals surface area contributed by atoms with E-state index in [0.29, 0.717) is 14.8 Å². The molecule has 0 bridgehead atoms. The zero-order valence-electron chi connectivity index (χ0n) is 10.8. The molecule has 1 aromatic heterocycles. The van der Waals surface area contributed by atoms with Gasteiger partial charge >= 0.3 is 0 Å². The minimum Gasteiger partial charge on any atom is -0.389 e. The van der Waals surface area contributed by atoms with Gasteiger partial charge in [0.05, 0.1) is 11.0 Å². The fourth-order valence-electron chi connectivity index (χ4n) is 1.47. The van der Waals surface area contributed by atoms with E-state index in [0.717, 1.165) is 5.13 Å². The van der Waals surface area contributed by atoms with Crippen molar-refractivity contribution in [3.63, 3.8) is 0 Å². The van der Waals surface area contributed by atoms with Crippen LogP contribution in [0.25, 0.3) is 0 Å². The van der Waals surface area contributed by atoms with Crippen LogP contribution in [-0.4, -0.2) is 29.4 Å². The predicted molar refractivity (Wildman–Crippen MR) is 75.4 cm³/mol. The summed E-state index contributed by atoms with van der Waals surface area (Å²) in [5, 5.41) is 18.5. The molecule has 7 heteroatoms. The third kappa shape index (κ3) is 3.23. The van der Waals surface area contributed by atoms with Crippen LogP contribution in [0.1, 0.15) is 18.6 Å². The van der Waals surface area contributed by atoms with Gasteiger partial charge in [-0.05, 0) is 18.6 Å². The number of halogens is 1. The van der Waals surface area contributed by atoms with Gasteiger partial charge in [-0.25, -0.2) is 4.39 Å². The van der Waals surface area contributed by atoms with Crippen molar-refractivity contribution in [3.05, 3.63) is 29.6 Å². The molecule has 2 rings (SSSR count). The molecule has 0 fully saturated rings. The van der Waals surface area contributed by atoms with Gasteiger partial charge in [-0.1, -0.05) is 35.2 Å². The molecular formula is C12H14FN3OS2. The highest BCUT2D eigenvalue weighted by Crippen LogP contribution is 2.37. The number of rotatable bonds is 4. The molecule has 0 saturated carbocycles. The second-order valence-corrected chi connectivity index (χ2v) is 6.39. The van der Waals surface area contributed by atoms with Gasteiger partial charge in [-0.3, -0.25) is 0 Å². The van der Waals surface area contributed by atoms with E-state index in [4.69, 9.17) is 0 Å². The molecule has 0 saturated heterocycles. The van der Waals surface area contributed by atoms with E-state index in [1.807, 2.05) is 19.0 Å². The lowest BCUT2D eigenvalue weighted by atomic mass is 10.1. The molecule has 1 heterocycles. The van der Waals surface area contributed by atoms with Crippen molar-refractivity contribution in [1.82, 2.24) is 10.2 Å². The quantitative estimate of drug-likeness (QED) is 0.940. The van der Waals surface area contributed by atoms with Crippen LogP contribution in [0, 0.1) is 5.82 Å². The Morgan fingerprint density at radius 2 is 2.11 bits per heavy atom. The smallest absolute Gasteiger partial charge is 0.208 e. The second kappa shape index (κ2) is 5.85. The van der Waals surface area contributed by atoms with Crippen LogP contribution in [0.3, 0.4) is 0 Å². The van der Waals surface area contributed by atoms with E-state index in [-0.39, 0.29) is 5.82 Å². The first-order valence-electron chi connectivity index (χ1n) is 5.64. The lowest BCUT2D eigenvalue weighted by Crippen LogP contribution is -2.07. The molecule has 0 aliphatic carbocycles. The van der Waals surface area contributed by atoms with Gasteiger partial charge in [0, 0.05) is 14.1 Å². The van der Waals surface area contributed by atoms with Crippen LogP contribution in [-0.2, 0) is 0 Å². The molecule has 19 heavy (non-hydrogen) atoms. The number of hydrogen-bond donors (Lipinski definition) is 1. The number of hydrogen-bond acceptors (Lipinski definition) is 6. The molecule has 0 aliphatic rings. The molecule has 1 unspecified atom stereocenters. The molecule has 1 aromatic carbocycles. The van der Waals surface area contributed by atoms with Gasteiger partial charge in [-0.15, -0.1) is 10.2 Å². The lowest BCUT2D eigenvalue weighted by molar-refractivity contribution is 0.195. The topological polar surface area (TPSA) is 49.3 Å². The van der Waals surface area contributed by atoms with Crippen molar-refractivity contribution in [2.75, 3.05) is 19.0 Å². The lowest BCUT2D eigenvalue weighted by Gasteiger charge is -2.10. The molecule has 0 spiro atoms. The third-order valence-electron chi connectivity index (χ3n) is 2.42. The molecule has 0 aliphatic heterocycles. The van der Waals surface area contributed by atoms with Gasteiger partial charge in [0.1, 0.15) is 5.82 Å². The average Bonchev–Trinajstić information content (AvgIpc) is 2.80. The van der Waals surface area contributed by atoms with E-state index in [1.54, 1.807) is 19.1 Å². The Kier molecular flexibility index (Phi) is 4.38. The Labute approximate surface area is 119 Å². The molecule has 0 radical (unpaired) electrons. The van der Waals surface area contributed by atoms with E-state index >= 15 is 0 Å². The van der Waals surface area contributed by atoms with Crippen molar-refractivity contribution in [3.8, 4) is 0 Å². The van der Waals surface area contributed by atoms with Gasteiger partial charge in [0.2, 0.25) is 5.13 Å². The summed E-state index contributed by atoms with van der Waals surface area (Å²) in [6.07, 6.45) is -0.723. The van der Waals surface area contributed by atoms with Crippen LogP contribution >= 0.6 is 23.1 Å². The SMILES string of the molecule is CC(O)c1cccc(F)c1Sc1nnc(N(C)C)s1. The van der Waals surface area contributed by atoms with Crippen molar-refractivity contribution in [2.24, 2.45) is 0 Å². The number of anilines is 1. The largest absolute Gasteiger partial charge is 0.389 e. The average molecular weight is 299 g/mol. The first-order chi connectivity index (χ1) is 8.99. The second-order valence-electron chi connectivity index (χ2n) is 4.18. The zero-order chi connectivity index (χ0) is 14.0. The molecule has 0 amide bonds. The number of nitrogens with zero attached hydrogens (tertiary/aromatic N) is 3. The van der Waals surface area contributed by atoms with Crippen molar-refractivity contribution < 1.29 is 9.50 Å². The first-order valence-corrected chi connectivity index (χ1v) is 7.27.